The number of carbonyl (C=O) groups excluding carboxylic acids is 1. The molecule has 4 nitrogen and oxygen atoms in total. The Morgan fingerprint density at radius 1 is 1.04 bits per heavy atom. The van der Waals surface area contributed by atoms with E-state index in [1.54, 1.807) is 0 Å². The maximum Gasteiger partial charge on any atom is 0.305 e. The molecule has 0 spiro atoms. The summed E-state index contributed by atoms with van der Waals surface area (Å²) in [6, 6.07) is 18.1. The SMILES string of the molecule is COC(=O)CCc1ccc(OCCN(C)c2ccccc2)cc1. The van der Waals surface area contributed by atoms with Crippen LogP contribution in [0.2, 0.25) is 0 Å². The summed E-state index contributed by atoms with van der Waals surface area (Å²) in [5.74, 6) is 0.655. The summed E-state index contributed by atoms with van der Waals surface area (Å²) in [6.07, 6.45) is 1.09. The van der Waals surface area contributed by atoms with E-state index in [1.807, 2.05) is 42.5 Å². The van der Waals surface area contributed by atoms with Crippen LogP contribution >= 0.6 is 0 Å². The lowest BCUT2D eigenvalue weighted by Gasteiger charge is -2.19. The number of anilines is 1. The van der Waals surface area contributed by atoms with Crippen molar-refractivity contribution in [3.05, 3.63) is 60.2 Å². The summed E-state index contributed by atoms with van der Waals surface area (Å²) in [4.78, 5) is 13.3. The molecule has 0 saturated carbocycles. The molecule has 0 N–H and O–H groups in total. The quantitative estimate of drug-likeness (QED) is 0.701. The zero-order valence-corrected chi connectivity index (χ0v) is 13.7. The van der Waals surface area contributed by atoms with Gasteiger partial charge in [0.2, 0.25) is 0 Å². The van der Waals surface area contributed by atoms with Gasteiger partial charge in [0.05, 0.1) is 13.7 Å². The van der Waals surface area contributed by atoms with E-state index in [0.717, 1.165) is 17.9 Å². The van der Waals surface area contributed by atoms with Crippen LogP contribution in [0, 0.1) is 0 Å². The summed E-state index contributed by atoms with van der Waals surface area (Å²) in [5, 5.41) is 0. The van der Waals surface area contributed by atoms with Crippen molar-refractivity contribution in [2.45, 2.75) is 12.8 Å². The van der Waals surface area contributed by atoms with Gasteiger partial charge in [-0.3, -0.25) is 4.79 Å². The monoisotopic (exact) mass is 313 g/mol. The van der Waals surface area contributed by atoms with Crippen LogP contribution in [0.3, 0.4) is 0 Å². The molecule has 122 valence electrons. The summed E-state index contributed by atoms with van der Waals surface area (Å²) in [5.41, 5.74) is 2.28. The Hall–Kier alpha value is -2.49. The van der Waals surface area contributed by atoms with Gasteiger partial charge in [-0.2, -0.15) is 0 Å². The van der Waals surface area contributed by atoms with Crippen molar-refractivity contribution in [1.82, 2.24) is 0 Å². The van der Waals surface area contributed by atoms with Gasteiger partial charge < -0.3 is 14.4 Å². The minimum Gasteiger partial charge on any atom is -0.492 e. The van der Waals surface area contributed by atoms with Crippen LogP contribution in [0.5, 0.6) is 5.75 Å². The molecule has 0 aliphatic carbocycles. The van der Waals surface area contributed by atoms with Gasteiger partial charge in [-0.1, -0.05) is 30.3 Å². The van der Waals surface area contributed by atoms with Crippen LogP contribution in [0.4, 0.5) is 5.69 Å². The molecular weight excluding hydrogens is 290 g/mol. The Morgan fingerprint density at radius 2 is 1.74 bits per heavy atom. The first-order valence-corrected chi connectivity index (χ1v) is 7.74. The Kier molecular flexibility index (Phi) is 6.48. The normalized spacial score (nSPS) is 10.2. The number of likely N-dealkylation sites (N-methyl/N-ethyl adjacent to an activating group) is 1. The molecule has 2 aromatic carbocycles. The van der Waals surface area contributed by atoms with Gasteiger partial charge in [0, 0.05) is 19.2 Å². The van der Waals surface area contributed by atoms with E-state index in [9.17, 15) is 4.79 Å². The van der Waals surface area contributed by atoms with Crippen LogP contribution in [0.25, 0.3) is 0 Å². The first kappa shape index (κ1) is 16.9. The van der Waals surface area contributed by atoms with Gasteiger partial charge in [-0.25, -0.2) is 0 Å². The molecule has 0 saturated heterocycles. The van der Waals surface area contributed by atoms with Crippen molar-refractivity contribution in [3.63, 3.8) is 0 Å². The number of hydrogen-bond acceptors (Lipinski definition) is 4. The smallest absolute Gasteiger partial charge is 0.305 e. The van der Waals surface area contributed by atoms with Gasteiger partial charge in [0.15, 0.2) is 0 Å². The van der Waals surface area contributed by atoms with Gasteiger partial charge in [0.25, 0.3) is 0 Å². The van der Waals surface area contributed by atoms with E-state index < -0.39 is 0 Å². The molecule has 2 aromatic rings. The minimum absolute atomic E-state index is 0.186. The summed E-state index contributed by atoms with van der Waals surface area (Å²) < 4.78 is 10.4. The van der Waals surface area contributed by atoms with Gasteiger partial charge in [-0.05, 0) is 36.2 Å². The number of carbonyl (C=O) groups is 1. The predicted molar refractivity (Wildman–Crippen MR) is 92.0 cm³/mol. The number of hydrogen-bond donors (Lipinski definition) is 0. The summed E-state index contributed by atoms with van der Waals surface area (Å²) in [7, 11) is 3.46. The Morgan fingerprint density at radius 3 is 2.39 bits per heavy atom. The van der Waals surface area contributed by atoms with Gasteiger partial charge in [0.1, 0.15) is 12.4 Å². The summed E-state index contributed by atoms with van der Waals surface area (Å²) >= 11 is 0. The summed E-state index contributed by atoms with van der Waals surface area (Å²) in [6.45, 7) is 1.43. The van der Waals surface area contributed by atoms with Crippen molar-refractivity contribution in [2.24, 2.45) is 0 Å². The van der Waals surface area contributed by atoms with Crippen molar-refractivity contribution >= 4 is 11.7 Å². The molecule has 0 aromatic heterocycles. The second-order valence-corrected chi connectivity index (χ2v) is 5.33. The second kappa shape index (κ2) is 8.83. The molecule has 0 heterocycles. The molecule has 0 aliphatic heterocycles. The third-order valence-corrected chi connectivity index (χ3v) is 3.66. The number of nitrogens with zero attached hydrogens (tertiary/aromatic N) is 1. The topological polar surface area (TPSA) is 38.8 Å². The standard InChI is InChI=1S/C19H23NO3/c1-20(17-6-4-3-5-7-17)14-15-23-18-11-8-16(9-12-18)10-13-19(21)22-2/h3-9,11-12H,10,13-15H2,1-2H3. The van der Waals surface area contributed by atoms with Crippen molar-refractivity contribution in [2.75, 3.05) is 32.2 Å². The Balaban J connectivity index is 1.74. The lowest BCUT2D eigenvalue weighted by atomic mass is 10.1. The molecule has 0 radical (unpaired) electrons. The van der Waals surface area contributed by atoms with E-state index in [0.29, 0.717) is 19.4 Å². The Labute approximate surface area is 137 Å². The third kappa shape index (κ3) is 5.66. The fourth-order valence-electron chi connectivity index (χ4n) is 2.21. The molecule has 0 aliphatic rings. The van der Waals surface area contributed by atoms with Crippen LogP contribution in [-0.2, 0) is 16.0 Å². The van der Waals surface area contributed by atoms with E-state index in [1.165, 1.54) is 12.8 Å². The molecule has 0 atom stereocenters. The van der Waals surface area contributed by atoms with Gasteiger partial charge in [-0.15, -0.1) is 0 Å². The van der Waals surface area contributed by atoms with E-state index in [2.05, 4.69) is 28.8 Å². The molecule has 2 rings (SSSR count). The number of esters is 1. The highest BCUT2D eigenvalue weighted by Crippen LogP contribution is 2.14. The van der Waals surface area contributed by atoms with E-state index in [-0.39, 0.29) is 5.97 Å². The zero-order chi connectivity index (χ0) is 16.5. The number of para-hydroxylation sites is 1. The number of ether oxygens (including phenoxy) is 2. The van der Waals surface area contributed by atoms with Crippen LogP contribution < -0.4 is 9.64 Å². The Bertz CT molecular complexity index is 596. The molecule has 0 amide bonds. The van der Waals surface area contributed by atoms with Crippen molar-refractivity contribution < 1.29 is 14.3 Å². The second-order valence-electron chi connectivity index (χ2n) is 5.33. The first-order chi connectivity index (χ1) is 11.2. The fourth-order valence-corrected chi connectivity index (χ4v) is 2.21. The lowest BCUT2D eigenvalue weighted by molar-refractivity contribution is -0.140. The van der Waals surface area contributed by atoms with Crippen molar-refractivity contribution in [1.29, 1.82) is 0 Å². The fraction of sp³-hybridized carbons (Fsp3) is 0.316. The highest BCUT2D eigenvalue weighted by atomic mass is 16.5. The number of rotatable bonds is 8. The zero-order valence-electron chi connectivity index (χ0n) is 13.7. The van der Waals surface area contributed by atoms with Crippen molar-refractivity contribution in [3.8, 4) is 5.75 Å². The van der Waals surface area contributed by atoms with Crippen LogP contribution in [-0.4, -0.2) is 33.3 Å². The van der Waals surface area contributed by atoms with E-state index >= 15 is 0 Å². The first-order valence-electron chi connectivity index (χ1n) is 7.74. The minimum atomic E-state index is -0.186. The maximum atomic E-state index is 11.1. The number of benzene rings is 2. The highest BCUT2D eigenvalue weighted by molar-refractivity contribution is 5.69. The van der Waals surface area contributed by atoms with Crippen LogP contribution in [0.1, 0.15) is 12.0 Å². The predicted octanol–water partition coefficient (Wildman–Crippen LogP) is 3.31. The molecule has 0 unspecified atom stereocenters. The third-order valence-electron chi connectivity index (χ3n) is 3.66. The highest BCUT2D eigenvalue weighted by Gasteiger charge is 2.03. The van der Waals surface area contributed by atoms with E-state index in [4.69, 9.17) is 4.74 Å². The molecular formula is C19H23NO3. The molecule has 23 heavy (non-hydrogen) atoms. The average Bonchev–Trinajstić information content (AvgIpc) is 2.61. The lowest BCUT2D eigenvalue weighted by Crippen LogP contribution is -2.23. The number of aryl methyl sites for hydroxylation is 1. The number of methoxy groups -OCH3 is 1. The average molecular weight is 313 g/mol. The molecule has 4 heteroatoms. The molecule has 0 bridgehead atoms. The molecule has 0 fully saturated rings. The maximum absolute atomic E-state index is 11.1. The van der Waals surface area contributed by atoms with Crippen LogP contribution in [0.15, 0.2) is 54.6 Å². The van der Waals surface area contributed by atoms with Gasteiger partial charge >= 0.3 is 5.97 Å². The largest absolute Gasteiger partial charge is 0.492 e.